The molecular weight excluding hydrogens is 158 g/mol. The summed E-state index contributed by atoms with van der Waals surface area (Å²) in [4.78, 5) is 0. The van der Waals surface area contributed by atoms with Crippen LogP contribution < -0.4 is 5.73 Å². The molecule has 0 amide bonds. The molecule has 2 fully saturated rings. The van der Waals surface area contributed by atoms with Crippen molar-refractivity contribution >= 4 is 12.4 Å². The van der Waals surface area contributed by atoms with E-state index in [1.54, 1.807) is 0 Å². The third kappa shape index (κ3) is 1.09. The minimum Gasteiger partial charge on any atom is -0.327 e. The van der Waals surface area contributed by atoms with Gasteiger partial charge in [0.1, 0.15) is 0 Å². The van der Waals surface area contributed by atoms with Crippen LogP contribution in [0.2, 0.25) is 0 Å². The number of nitrogens with two attached hydrogens (primary N) is 1. The number of halogens is 1. The molecule has 0 heterocycles. The van der Waals surface area contributed by atoms with E-state index in [-0.39, 0.29) is 12.4 Å². The Kier molecular flexibility index (Phi) is 2.24. The van der Waals surface area contributed by atoms with Gasteiger partial charge in [0, 0.05) is 6.04 Å². The van der Waals surface area contributed by atoms with Crippen LogP contribution in [0.5, 0.6) is 0 Å². The molecule has 0 saturated heterocycles. The predicted octanol–water partition coefficient (Wildman–Crippen LogP) is 2.19. The van der Waals surface area contributed by atoms with Crippen LogP contribution in [0.4, 0.5) is 0 Å². The van der Waals surface area contributed by atoms with Gasteiger partial charge < -0.3 is 5.73 Å². The van der Waals surface area contributed by atoms with Crippen LogP contribution in [-0.2, 0) is 0 Å². The fourth-order valence-corrected chi connectivity index (χ4v) is 2.80. The molecule has 2 aliphatic carbocycles. The number of fused-ring (bicyclic) bond motifs is 1. The third-order valence-electron chi connectivity index (χ3n) is 3.79. The highest BCUT2D eigenvalue weighted by Gasteiger charge is 2.61. The van der Waals surface area contributed by atoms with Crippen molar-refractivity contribution in [2.24, 2.45) is 23.0 Å². The van der Waals surface area contributed by atoms with Crippen molar-refractivity contribution < 1.29 is 0 Å². The summed E-state index contributed by atoms with van der Waals surface area (Å²) in [5, 5.41) is 0. The molecule has 2 saturated carbocycles. The highest BCUT2D eigenvalue weighted by Crippen LogP contribution is 2.66. The van der Waals surface area contributed by atoms with Gasteiger partial charge in [-0.15, -0.1) is 12.4 Å². The van der Waals surface area contributed by atoms with Gasteiger partial charge in [0.15, 0.2) is 0 Å². The first kappa shape index (κ1) is 9.34. The lowest BCUT2D eigenvalue weighted by Gasteiger charge is -2.15. The molecule has 2 aliphatic rings. The lowest BCUT2D eigenvalue weighted by Crippen LogP contribution is -2.19. The van der Waals surface area contributed by atoms with Crippen LogP contribution in [0.15, 0.2) is 0 Å². The second kappa shape index (κ2) is 2.63. The molecule has 0 bridgehead atoms. The molecule has 3 unspecified atom stereocenters. The number of hydrogen-bond acceptors (Lipinski definition) is 1. The molecular formula is C9H18ClN. The molecule has 0 aromatic carbocycles. The smallest absolute Gasteiger partial charge is 0.00729 e. The molecule has 2 rings (SSSR count). The quantitative estimate of drug-likeness (QED) is 0.650. The zero-order chi connectivity index (χ0) is 7.35. The number of hydrogen-bond donors (Lipinski definition) is 1. The predicted molar refractivity (Wildman–Crippen MR) is 49.8 cm³/mol. The molecule has 2 heteroatoms. The maximum Gasteiger partial charge on any atom is 0.00729 e. The van der Waals surface area contributed by atoms with E-state index in [0.29, 0.717) is 11.5 Å². The van der Waals surface area contributed by atoms with E-state index in [4.69, 9.17) is 5.73 Å². The monoisotopic (exact) mass is 175 g/mol. The largest absolute Gasteiger partial charge is 0.327 e. The molecule has 0 aliphatic heterocycles. The Morgan fingerprint density at radius 2 is 2.09 bits per heavy atom. The summed E-state index contributed by atoms with van der Waals surface area (Å²) in [5.74, 6) is 1.76. The molecule has 1 nitrogen and oxygen atoms in total. The summed E-state index contributed by atoms with van der Waals surface area (Å²) in [6.45, 7) is 4.69. The summed E-state index contributed by atoms with van der Waals surface area (Å²) < 4.78 is 0. The molecule has 3 atom stereocenters. The molecule has 0 radical (unpaired) electrons. The van der Waals surface area contributed by atoms with Gasteiger partial charge in [-0.3, -0.25) is 0 Å². The zero-order valence-electron chi connectivity index (χ0n) is 7.34. The Morgan fingerprint density at radius 3 is 2.27 bits per heavy atom. The van der Waals surface area contributed by atoms with Gasteiger partial charge in [0.2, 0.25) is 0 Å². The zero-order valence-corrected chi connectivity index (χ0v) is 8.16. The first-order valence-electron chi connectivity index (χ1n) is 4.42. The maximum absolute atomic E-state index is 5.94. The van der Waals surface area contributed by atoms with Crippen LogP contribution >= 0.6 is 12.4 Å². The minimum atomic E-state index is 0. The van der Waals surface area contributed by atoms with Gasteiger partial charge in [-0.25, -0.2) is 0 Å². The first-order chi connectivity index (χ1) is 4.67. The minimum absolute atomic E-state index is 0. The average Bonchev–Trinajstić information content (AvgIpc) is 2.52. The van der Waals surface area contributed by atoms with Gasteiger partial charge >= 0.3 is 0 Å². The van der Waals surface area contributed by atoms with E-state index < -0.39 is 0 Å². The Bertz CT molecular complexity index is 158. The Hall–Kier alpha value is 0.250. The van der Waals surface area contributed by atoms with Gasteiger partial charge in [-0.2, -0.15) is 0 Å². The van der Waals surface area contributed by atoms with Crippen LogP contribution in [0.25, 0.3) is 0 Å². The summed E-state index contributed by atoms with van der Waals surface area (Å²) >= 11 is 0. The summed E-state index contributed by atoms with van der Waals surface area (Å²) in [6.07, 6.45) is 4.10. The molecule has 2 N–H and O–H groups in total. The highest BCUT2D eigenvalue weighted by atomic mass is 35.5. The van der Waals surface area contributed by atoms with E-state index in [0.717, 1.165) is 11.8 Å². The van der Waals surface area contributed by atoms with E-state index in [1.165, 1.54) is 19.3 Å². The molecule has 0 aromatic heterocycles. The third-order valence-corrected chi connectivity index (χ3v) is 3.79. The van der Waals surface area contributed by atoms with E-state index >= 15 is 0 Å². The fraction of sp³-hybridized carbons (Fsp3) is 1.00. The maximum atomic E-state index is 5.94. The van der Waals surface area contributed by atoms with Crippen LogP contribution in [0, 0.1) is 17.3 Å². The standard InChI is InChI=1S/C9H17N.ClH/c1-6(2)9-4-3-8(10)7(9)5-9;/h6-8H,3-5,10H2,1-2H3;1H. The van der Waals surface area contributed by atoms with Crippen molar-refractivity contribution in [3.8, 4) is 0 Å². The van der Waals surface area contributed by atoms with Crippen molar-refractivity contribution in [3.05, 3.63) is 0 Å². The summed E-state index contributed by atoms with van der Waals surface area (Å²) in [6, 6.07) is 0.544. The first-order valence-corrected chi connectivity index (χ1v) is 4.42. The average molecular weight is 176 g/mol. The van der Waals surface area contributed by atoms with Gasteiger partial charge in [-0.1, -0.05) is 13.8 Å². The van der Waals surface area contributed by atoms with E-state index in [2.05, 4.69) is 13.8 Å². The van der Waals surface area contributed by atoms with Gasteiger partial charge in [-0.05, 0) is 36.5 Å². The fourth-order valence-electron chi connectivity index (χ4n) is 2.80. The Labute approximate surface area is 75.1 Å². The SMILES string of the molecule is CC(C)C12CCC(N)C1C2.Cl. The van der Waals surface area contributed by atoms with E-state index in [9.17, 15) is 0 Å². The Balaban J connectivity index is 0.000000605. The molecule has 66 valence electrons. The van der Waals surface area contributed by atoms with Crippen LogP contribution in [0.1, 0.15) is 33.1 Å². The van der Waals surface area contributed by atoms with Crippen LogP contribution in [-0.4, -0.2) is 6.04 Å². The van der Waals surface area contributed by atoms with Gasteiger partial charge in [0.25, 0.3) is 0 Å². The van der Waals surface area contributed by atoms with Crippen molar-refractivity contribution in [1.82, 2.24) is 0 Å². The number of rotatable bonds is 1. The lowest BCUT2D eigenvalue weighted by molar-refractivity contribution is 0.343. The topological polar surface area (TPSA) is 26.0 Å². The van der Waals surface area contributed by atoms with Crippen molar-refractivity contribution in [2.75, 3.05) is 0 Å². The highest BCUT2D eigenvalue weighted by molar-refractivity contribution is 5.85. The second-order valence-corrected chi connectivity index (χ2v) is 4.40. The van der Waals surface area contributed by atoms with Crippen molar-refractivity contribution in [3.63, 3.8) is 0 Å². The summed E-state index contributed by atoms with van der Waals surface area (Å²) in [7, 11) is 0. The van der Waals surface area contributed by atoms with E-state index in [1.807, 2.05) is 0 Å². The van der Waals surface area contributed by atoms with Crippen molar-refractivity contribution in [1.29, 1.82) is 0 Å². The molecule has 0 spiro atoms. The molecule has 11 heavy (non-hydrogen) atoms. The lowest BCUT2D eigenvalue weighted by atomic mass is 9.90. The normalized spacial score (nSPS) is 46.9. The summed E-state index contributed by atoms with van der Waals surface area (Å²) in [5.41, 5.74) is 6.65. The second-order valence-electron chi connectivity index (χ2n) is 4.40. The van der Waals surface area contributed by atoms with Gasteiger partial charge in [0.05, 0.1) is 0 Å². The van der Waals surface area contributed by atoms with Crippen molar-refractivity contribution in [2.45, 2.75) is 39.2 Å². The Morgan fingerprint density at radius 1 is 1.45 bits per heavy atom. The molecule has 0 aromatic rings. The van der Waals surface area contributed by atoms with Crippen LogP contribution in [0.3, 0.4) is 0 Å².